The number of piperazine rings is 1. The van der Waals surface area contributed by atoms with E-state index in [1.165, 1.54) is 5.56 Å². The topological polar surface area (TPSA) is 77.4 Å². The molecule has 2 aliphatic heterocycles. The van der Waals surface area contributed by atoms with Crippen molar-refractivity contribution in [2.75, 3.05) is 25.5 Å². The van der Waals surface area contributed by atoms with E-state index in [0.717, 1.165) is 24.2 Å². The van der Waals surface area contributed by atoms with Crippen molar-refractivity contribution in [2.45, 2.75) is 18.0 Å². The lowest BCUT2D eigenvalue weighted by Gasteiger charge is -2.59. The van der Waals surface area contributed by atoms with Crippen LogP contribution < -0.4 is 15.4 Å². The predicted octanol–water partition coefficient (Wildman–Crippen LogP) is 4.21. The summed E-state index contributed by atoms with van der Waals surface area (Å²) in [6, 6.07) is 25.9. The summed E-state index contributed by atoms with van der Waals surface area (Å²) >= 11 is 0. The number of amides is 2. The molecule has 1 unspecified atom stereocenters. The highest BCUT2D eigenvalue weighted by Gasteiger charge is 2.53. The number of para-hydroxylation sites is 2. The molecule has 2 saturated heterocycles. The van der Waals surface area contributed by atoms with Crippen LogP contribution in [0.5, 0.6) is 5.75 Å². The highest BCUT2D eigenvalue weighted by atomic mass is 16.5. The number of anilines is 1. The van der Waals surface area contributed by atoms with Gasteiger partial charge in [0.25, 0.3) is 0 Å². The summed E-state index contributed by atoms with van der Waals surface area (Å²) in [4.78, 5) is 15.0. The Morgan fingerprint density at radius 3 is 2.50 bits per heavy atom. The lowest BCUT2D eigenvalue weighted by molar-refractivity contribution is 0.00200. The number of methoxy groups -OCH3 is 1. The van der Waals surface area contributed by atoms with E-state index < -0.39 is 0 Å². The lowest BCUT2D eigenvalue weighted by atomic mass is 9.72. The van der Waals surface area contributed by atoms with Crippen molar-refractivity contribution in [3.8, 4) is 22.9 Å². The SMILES string of the molecule is COc1ccccc1NC(=O)N1[C@@H]2CNC[C@H]1C2c1ccc(-c2cccc(C#N)c2)cc1. The molecule has 5 rings (SSSR count). The van der Waals surface area contributed by atoms with Crippen LogP contribution in [-0.4, -0.2) is 43.2 Å². The summed E-state index contributed by atoms with van der Waals surface area (Å²) in [5.41, 5.74) is 4.69. The number of nitriles is 1. The Morgan fingerprint density at radius 1 is 1.03 bits per heavy atom. The molecule has 3 atom stereocenters. The van der Waals surface area contributed by atoms with Gasteiger partial charge in [-0.3, -0.25) is 0 Å². The van der Waals surface area contributed by atoms with Crippen LogP contribution >= 0.6 is 0 Å². The van der Waals surface area contributed by atoms with Crippen LogP contribution in [0.2, 0.25) is 0 Å². The molecule has 160 valence electrons. The van der Waals surface area contributed by atoms with E-state index in [9.17, 15) is 4.79 Å². The molecule has 2 aliphatic rings. The maximum atomic E-state index is 13.1. The number of carbonyl (C=O) groups is 1. The second-order valence-electron chi connectivity index (χ2n) is 8.17. The summed E-state index contributed by atoms with van der Waals surface area (Å²) in [5, 5.41) is 15.6. The molecule has 3 aromatic rings. The van der Waals surface area contributed by atoms with Crippen LogP contribution in [-0.2, 0) is 0 Å². The second kappa shape index (κ2) is 8.37. The van der Waals surface area contributed by atoms with Gasteiger partial charge in [0.05, 0.1) is 36.5 Å². The number of nitrogens with zero attached hydrogens (tertiary/aromatic N) is 2. The van der Waals surface area contributed by atoms with Crippen molar-refractivity contribution in [2.24, 2.45) is 0 Å². The first-order valence-corrected chi connectivity index (χ1v) is 10.7. The number of rotatable bonds is 4. The molecule has 32 heavy (non-hydrogen) atoms. The van der Waals surface area contributed by atoms with Crippen LogP contribution in [0.3, 0.4) is 0 Å². The minimum atomic E-state index is -0.0906. The fraction of sp³-hybridized carbons (Fsp3) is 0.231. The molecular weight excluding hydrogens is 400 g/mol. The first-order chi connectivity index (χ1) is 15.7. The van der Waals surface area contributed by atoms with Crippen LogP contribution in [0.4, 0.5) is 10.5 Å². The van der Waals surface area contributed by atoms with E-state index in [1.54, 1.807) is 7.11 Å². The largest absolute Gasteiger partial charge is 0.495 e. The Balaban J connectivity index is 1.33. The molecule has 0 aromatic heterocycles. The zero-order valence-electron chi connectivity index (χ0n) is 17.8. The van der Waals surface area contributed by atoms with Crippen molar-refractivity contribution in [1.82, 2.24) is 10.2 Å². The Kier molecular flexibility index (Phi) is 5.26. The molecule has 2 amide bonds. The molecule has 0 radical (unpaired) electrons. The molecule has 6 heteroatoms. The van der Waals surface area contributed by atoms with E-state index in [-0.39, 0.29) is 18.1 Å². The number of hydrogen-bond donors (Lipinski definition) is 2. The quantitative estimate of drug-likeness (QED) is 0.658. The number of benzene rings is 3. The van der Waals surface area contributed by atoms with Gasteiger partial charge in [-0.1, -0.05) is 48.5 Å². The van der Waals surface area contributed by atoms with E-state index in [2.05, 4.69) is 41.0 Å². The standard InChI is InChI=1S/C26H24N4O2/c1-32-24-8-3-2-7-21(24)29-26(31)30-22-15-28-16-23(30)25(22)19-11-9-18(10-12-19)20-6-4-5-17(13-20)14-27/h2-13,22-23,25,28H,15-16H2,1H3,(H,29,31)/t22-,23+,25?. The van der Waals surface area contributed by atoms with Crippen molar-refractivity contribution in [3.63, 3.8) is 0 Å². The molecule has 2 bridgehead atoms. The predicted molar refractivity (Wildman–Crippen MR) is 124 cm³/mol. The number of ether oxygens (including phenoxy) is 1. The minimum Gasteiger partial charge on any atom is -0.495 e. The van der Waals surface area contributed by atoms with E-state index >= 15 is 0 Å². The third-order valence-corrected chi connectivity index (χ3v) is 6.45. The highest BCUT2D eigenvalue weighted by Crippen LogP contribution is 2.43. The van der Waals surface area contributed by atoms with Crippen LogP contribution in [0, 0.1) is 11.3 Å². The normalized spacial score (nSPS) is 21.2. The Labute approximate surface area is 187 Å². The van der Waals surface area contributed by atoms with Crippen LogP contribution in [0.1, 0.15) is 17.0 Å². The van der Waals surface area contributed by atoms with Crippen molar-refractivity contribution < 1.29 is 9.53 Å². The number of urea groups is 1. The summed E-state index contributed by atoms with van der Waals surface area (Å²) in [5.74, 6) is 0.955. The van der Waals surface area contributed by atoms with E-state index in [1.807, 2.05) is 53.4 Å². The van der Waals surface area contributed by atoms with Gasteiger partial charge in [-0.15, -0.1) is 0 Å². The molecule has 0 aliphatic carbocycles. The van der Waals surface area contributed by atoms with Gasteiger partial charge in [-0.05, 0) is 41.0 Å². The van der Waals surface area contributed by atoms with Crippen LogP contribution in [0.25, 0.3) is 11.1 Å². The molecule has 6 nitrogen and oxygen atoms in total. The maximum absolute atomic E-state index is 13.1. The molecule has 2 N–H and O–H groups in total. The Bertz CT molecular complexity index is 1170. The average Bonchev–Trinajstić information content (AvgIpc) is 2.85. The van der Waals surface area contributed by atoms with Gasteiger partial charge in [-0.2, -0.15) is 5.26 Å². The number of hydrogen-bond acceptors (Lipinski definition) is 4. The number of nitrogens with one attached hydrogen (secondary N) is 2. The van der Waals surface area contributed by atoms with Gasteiger partial charge in [0.2, 0.25) is 0 Å². The van der Waals surface area contributed by atoms with Gasteiger partial charge in [0.15, 0.2) is 0 Å². The fourth-order valence-electron chi connectivity index (χ4n) is 4.92. The molecule has 2 heterocycles. The average molecular weight is 425 g/mol. The van der Waals surface area contributed by atoms with Gasteiger partial charge in [0, 0.05) is 19.0 Å². The fourth-order valence-corrected chi connectivity index (χ4v) is 4.92. The molecular formula is C26H24N4O2. The third kappa shape index (κ3) is 3.47. The third-order valence-electron chi connectivity index (χ3n) is 6.45. The van der Waals surface area contributed by atoms with Crippen LogP contribution in [0.15, 0.2) is 72.8 Å². The summed E-state index contributed by atoms with van der Waals surface area (Å²) in [6.45, 7) is 1.54. The van der Waals surface area contributed by atoms with Gasteiger partial charge < -0.3 is 20.3 Å². The van der Waals surface area contributed by atoms with Gasteiger partial charge in [-0.25, -0.2) is 4.79 Å². The highest BCUT2D eigenvalue weighted by molar-refractivity contribution is 5.92. The van der Waals surface area contributed by atoms with Crippen molar-refractivity contribution in [1.29, 1.82) is 5.26 Å². The van der Waals surface area contributed by atoms with E-state index in [4.69, 9.17) is 10.00 Å². The summed E-state index contributed by atoms with van der Waals surface area (Å²) in [6.07, 6.45) is 0. The smallest absolute Gasteiger partial charge is 0.322 e. The monoisotopic (exact) mass is 424 g/mol. The zero-order valence-corrected chi connectivity index (χ0v) is 17.8. The Hall–Kier alpha value is -3.82. The number of carbonyl (C=O) groups excluding carboxylic acids is 1. The molecule has 0 saturated carbocycles. The molecule has 0 spiro atoms. The first kappa shape index (κ1) is 20.1. The summed E-state index contributed by atoms with van der Waals surface area (Å²) in [7, 11) is 1.60. The molecule has 2 fully saturated rings. The number of piperidine rings is 1. The van der Waals surface area contributed by atoms with Gasteiger partial charge >= 0.3 is 6.03 Å². The van der Waals surface area contributed by atoms with Gasteiger partial charge in [0.1, 0.15) is 5.75 Å². The summed E-state index contributed by atoms with van der Waals surface area (Å²) < 4.78 is 5.36. The molecule has 3 aromatic carbocycles. The number of fused-ring (bicyclic) bond motifs is 2. The van der Waals surface area contributed by atoms with Crippen molar-refractivity contribution >= 4 is 11.7 Å². The first-order valence-electron chi connectivity index (χ1n) is 10.7. The second-order valence-corrected chi connectivity index (χ2v) is 8.17. The van der Waals surface area contributed by atoms with Crippen molar-refractivity contribution in [3.05, 3.63) is 83.9 Å². The minimum absolute atomic E-state index is 0.0906. The maximum Gasteiger partial charge on any atom is 0.322 e. The Morgan fingerprint density at radius 2 is 1.78 bits per heavy atom. The van der Waals surface area contributed by atoms with E-state index in [0.29, 0.717) is 22.9 Å². The lowest BCUT2D eigenvalue weighted by Crippen LogP contribution is -2.74. The zero-order chi connectivity index (χ0) is 22.1.